The highest BCUT2D eigenvalue weighted by atomic mass is 79.9. The number of H-pyrrole nitrogens is 1. The molecule has 20 heavy (non-hydrogen) atoms. The van der Waals surface area contributed by atoms with E-state index in [1.165, 1.54) is 0 Å². The monoisotopic (exact) mass is 327 g/mol. The Morgan fingerprint density at radius 3 is 2.25 bits per heavy atom. The summed E-state index contributed by atoms with van der Waals surface area (Å²) in [7, 11) is 1.91. The minimum Gasteiger partial charge on any atom is -0.388 e. The summed E-state index contributed by atoms with van der Waals surface area (Å²) in [5, 5.41) is 3.11. The zero-order valence-electron chi connectivity index (χ0n) is 11.0. The lowest BCUT2D eigenvalue weighted by Crippen LogP contribution is -1.87. The Morgan fingerprint density at radius 1 is 0.950 bits per heavy atom. The third kappa shape index (κ3) is 2.60. The highest BCUT2D eigenvalue weighted by molar-refractivity contribution is 9.10. The fraction of sp³-hybridized carbons (Fsp3) is 0.0625. The summed E-state index contributed by atoms with van der Waals surface area (Å²) in [5.74, 6) is 0.880. The average Bonchev–Trinajstić information content (AvgIpc) is 2.98. The molecular formula is C16H14BrN3. The van der Waals surface area contributed by atoms with E-state index in [-0.39, 0.29) is 0 Å². The Hall–Kier alpha value is -2.07. The molecule has 3 aromatic rings. The molecule has 0 aliphatic carbocycles. The number of hydrogen-bond acceptors (Lipinski definition) is 2. The van der Waals surface area contributed by atoms with Crippen LogP contribution in [-0.2, 0) is 0 Å². The summed E-state index contributed by atoms with van der Waals surface area (Å²) < 4.78 is 1.07. The molecule has 0 unspecified atom stereocenters. The average molecular weight is 328 g/mol. The van der Waals surface area contributed by atoms with Gasteiger partial charge in [-0.1, -0.05) is 28.1 Å². The quantitative estimate of drug-likeness (QED) is 0.741. The molecule has 0 spiro atoms. The molecule has 1 aromatic heterocycles. The van der Waals surface area contributed by atoms with Crippen LogP contribution in [0.4, 0.5) is 5.69 Å². The van der Waals surface area contributed by atoms with Gasteiger partial charge in [0, 0.05) is 22.8 Å². The summed E-state index contributed by atoms with van der Waals surface area (Å²) in [4.78, 5) is 7.81. The SMILES string of the molecule is CNc1ccc(-c2ncc(-c3ccc(Br)cc3)[nH]2)cc1. The summed E-state index contributed by atoms with van der Waals surface area (Å²) in [6.07, 6.45) is 1.87. The lowest BCUT2D eigenvalue weighted by molar-refractivity contribution is 1.31. The molecule has 0 atom stereocenters. The maximum absolute atomic E-state index is 4.45. The van der Waals surface area contributed by atoms with Crippen molar-refractivity contribution < 1.29 is 0 Å². The van der Waals surface area contributed by atoms with E-state index in [1.54, 1.807) is 0 Å². The second-order valence-corrected chi connectivity index (χ2v) is 5.40. The highest BCUT2D eigenvalue weighted by Gasteiger charge is 2.05. The zero-order chi connectivity index (χ0) is 13.9. The predicted molar refractivity (Wildman–Crippen MR) is 86.7 cm³/mol. The van der Waals surface area contributed by atoms with Crippen molar-refractivity contribution in [2.24, 2.45) is 0 Å². The molecule has 3 nitrogen and oxygen atoms in total. The van der Waals surface area contributed by atoms with Gasteiger partial charge in [-0.3, -0.25) is 0 Å². The van der Waals surface area contributed by atoms with Gasteiger partial charge in [-0.2, -0.15) is 0 Å². The number of imidazole rings is 1. The number of aromatic nitrogens is 2. The van der Waals surface area contributed by atoms with Gasteiger partial charge >= 0.3 is 0 Å². The Morgan fingerprint density at radius 2 is 1.60 bits per heavy atom. The van der Waals surface area contributed by atoms with Crippen LogP contribution in [0.25, 0.3) is 22.6 Å². The maximum Gasteiger partial charge on any atom is 0.137 e. The van der Waals surface area contributed by atoms with Crippen LogP contribution in [0, 0.1) is 0 Å². The minimum atomic E-state index is 0.880. The van der Waals surface area contributed by atoms with Crippen LogP contribution in [0.5, 0.6) is 0 Å². The summed E-state index contributed by atoms with van der Waals surface area (Å²) in [6, 6.07) is 16.4. The Bertz CT molecular complexity index is 699. The fourth-order valence-corrected chi connectivity index (χ4v) is 2.30. The third-order valence-corrected chi connectivity index (χ3v) is 3.71. The van der Waals surface area contributed by atoms with Crippen LogP contribution < -0.4 is 5.32 Å². The zero-order valence-corrected chi connectivity index (χ0v) is 12.6. The first-order valence-corrected chi connectivity index (χ1v) is 7.15. The number of nitrogens with one attached hydrogen (secondary N) is 2. The summed E-state index contributed by atoms with van der Waals surface area (Å²) in [6.45, 7) is 0. The van der Waals surface area contributed by atoms with Crippen molar-refractivity contribution in [1.82, 2.24) is 9.97 Å². The van der Waals surface area contributed by atoms with E-state index in [4.69, 9.17) is 0 Å². The first kappa shape index (κ1) is 12.9. The van der Waals surface area contributed by atoms with Crippen molar-refractivity contribution in [2.75, 3.05) is 12.4 Å². The standard InChI is InChI=1S/C16H14BrN3/c1-18-14-8-4-12(5-9-14)16-19-10-15(20-16)11-2-6-13(17)7-3-11/h2-10,18H,1H3,(H,19,20). The van der Waals surface area contributed by atoms with Gasteiger partial charge in [0.05, 0.1) is 11.9 Å². The molecule has 0 amide bonds. The summed E-state index contributed by atoms with van der Waals surface area (Å²) in [5.41, 5.74) is 4.31. The molecule has 0 fully saturated rings. The Labute approximate surface area is 126 Å². The van der Waals surface area contributed by atoms with Gasteiger partial charge in [0.15, 0.2) is 0 Å². The van der Waals surface area contributed by atoms with Gasteiger partial charge < -0.3 is 10.3 Å². The van der Waals surface area contributed by atoms with E-state index < -0.39 is 0 Å². The molecule has 0 saturated heterocycles. The van der Waals surface area contributed by atoms with Crippen molar-refractivity contribution in [1.29, 1.82) is 0 Å². The van der Waals surface area contributed by atoms with Crippen LogP contribution >= 0.6 is 15.9 Å². The lowest BCUT2D eigenvalue weighted by Gasteiger charge is -2.01. The smallest absolute Gasteiger partial charge is 0.137 e. The van der Waals surface area contributed by atoms with Gasteiger partial charge in [-0.25, -0.2) is 4.98 Å². The second-order valence-electron chi connectivity index (χ2n) is 4.48. The van der Waals surface area contributed by atoms with Crippen LogP contribution in [0.1, 0.15) is 0 Å². The van der Waals surface area contributed by atoms with Crippen molar-refractivity contribution >= 4 is 21.6 Å². The number of aromatic amines is 1. The largest absolute Gasteiger partial charge is 0.388 e. The summed E-state index contributed by atoms with van der Waals surface area (Å²) >= 11 is 3.44. The van der Waals surface area contributed by atoms with Gasteiger partial charge in [0.25, 0.3) is 0 Å². The molecule has 0 radical (unpaired) electrons. The van der Waals surface area contributed by atoms with Gasteiger partial charge in [0.2, 0.25) is 0 Å². The van der Waals surface area contributed by atoms with Crippen molar-refractivity contribution in [2.45, 2.75) is 0 Å². The molecule has 2 aromatic carbocycles. The molecule has 0 aliphatic rings. The Balaban J connectivity index is 1.91. The van der Waals surface area contributed by atoms with E-state index in [1.807, 2.05) is 37.5 Å². The minimum absolute atomic E-state index is 0.880. The van der Waals surface area contributed by atoms with Crippen LogP contribution in [-0.4, -0.2) is 17.0 Å². The van der Waals surface area contributed by atoms with E-state index >= 15 is 0 Å². The number of rotatable bonds is 3. The van der Waals surface area contributed by atoms with E-state index in [0.717, 1.165) is 32.8 Å². The molecule has 0 bridgehead atoms. The predicted octanol–water partition coefficient (Wildman–Crippen LogP) is 4.55. The first-order valence-electron chi connectivity index (χ1n) is 6.35. The molecule has 2 N–H and O–H groups in total. The maximum atomic E-state index is 4.45. The molecule has 3 rings (SSSR count). The number of hydrogen-bond donors (Lipinski definition) is 2. The molecule has 1 heterocycles. The van der Waals surface area contributed by atoms with Gasteiger partial charge in [-0.05, 0) is 42.0 Å². The second kappa shape index (κ2) is 5.51. The van der Waals surface area contributed by atoms with Crippen molar-refractivity contribution in [3.05, 3.63) is 59.2 Å². The highest BCUT2D eigenvalue weighted by Crippen LogP contribution is 2.24. The number of halogens is 1. The van der Waals surface area contributed by atoms with Crippen LogP contribution in [0.2, 0.25) is 0 Å². The third-order valence-electron chi connectivity index (χ3n) is 3.18. The molecule has 0 saturated carbocycles. The van der Waals surface area contributed by atoms with Gasteiger partial charge in [0.1, 0.15) is 5.82 Å². The van der Waals surface area contributed by atoms with E-state index in [0.29, 0.717) is 0 Å². The fourth-order valence-electron chi connectivity index (χ4n) is 2.04. The Kier molecular flexibility index (Phi) is 3.56. The van der Waals surface area contributed by atoms with Crippen molar-refractivity contribution in [3.63, 3.8) is 0 Å². The van der Waals surface area contributed by atoms with Crippen LogP contribution in [0.15, 0.2) is 59.2 Å². The molecule has 100 valence electrons. The molecular weight excluding hydrogens is 314 g/mol. The molecule has 4 heteroatoms. The normalized spacial score (nSPS) is 10.5. The topological polar surface area (TPSA) is 40.7 Å². The van der Waals surface area contributed by atoms with Crippen molar-refractivity contribution in [3.8, 4) is 22.6 Å². The first-order chi connectivity index (χ1) is 9.76. The van der Waals surface area contributed by atoms with E-state index in [9.17, 15) is 0 Å². The number of nitrogens with zero attached hydrogens (tertiary/aromatic N) is 1. The van der Waals surface area contributed by atoms with E-state index in [2.05, 4.69) is 55.5 Å². The van der Waals surface area contributed by atoms with Crippen LogP contribution in [0.3, 0.4) is 0 Å². The number of benzene rings is 2. The van der Waals surface area contributed by atoms with Gasteiger partial charge in [-0.15, -0.1) is 0 Å². The molecule has 0 aliphatic heterocycles. The number of anilines is 1. The lowest BCUT2D eigenvalue weighted by atomic mass is 10.2.